The summed E-state index contributed by atoms with van der Waals surface area (Å²) in [5.74, 6) is -0.0526. The first kappa shape index (κ1) is 26.5. The number of aliphatic hydroxyl groups excluding tert-OH is 1. The standard InChI is InChI=1S/C30H36N2O5/c1-5-16-36-24-11-8-10-21(19-24)27-26(28(33)22-12-13-25-23(18-22)17-20(4)37-25)29(34)30(35)32(27)15-9-14-31(6-2)7-3/h5,8,10-13,18-20,27,33H,1,6-7,9,14-17H2,2-4H3/b28-26+. The van der Waals surface area contributed by atoms with Crippen molar-refractivity contribution < 1.29 is 24.2 Å². The molecule has 7 nitrogen and oxygen atoms in total. The Morgan fingerprint density at radius 3 is 2.73 bits per heavy atom. The Labute approximate surface area is 219 Å². The number of ether oxygens (including phenoxy) is 2. The van der Waals surface area contributed by atoms with Crippen LogP contribution < -0.4 is 9.47 Å². The highest BCUT2D eigenvalue weighted by Gasteiger charge is 2.46. The van der Waals surface area contributed by atoms with Crippen molar-refractivity contribution in [2.45, 2.75) is 45.8 Å². The van der Waals surface area contributed by atoms with Crippen molar-refractivity contribution in [2.24, 2.45) is 0 Å². The molecule has 4 rings (SSSR count). The van der Waals surface area contributed by atoms with E-state index < -0.39 is 17.7 Å². The number of carbonyl (C=O) groups excluding carboxylic acids is 2. The lowest BCUT2D eigenvalue weighted by Gasteiger charge is -2.27. The number of carbonyl (C=O) groups is 2. The summed E-state index contributed by atoms with van der Waals surface area (Å²) in [6.45, 7) is 13.3. The molecule has 2 aliphatic heterocycles. The molecule has 1 saturated heterocycles. The number of hydrogen-bond donors (Lipinski definition) is 1. The van der Waals surface area contributed by atoms with Crippen LogP contribution in [-0.2, 0) is 16.0 Å². The van der Waals surface area contributed by atoms with E-state index in [1.165, 1.54) is 0 Å². The number of fused-ring (bicyclic) bond motifs is 1. The molecule has 0 spiro atoms. The highest BCUT2D eigenvalue weighted by Crippen LogP contribution is 2.41. The third kappa shape index (κ3) is 5.57. The molecule has 0 radical (unpaired) electrons. The van der Waals surface area contributed by atoms with Gasteiger partial charge in [-0.2, -0.15) is 0 Å². The molecule has 0 saturated carbocycles. The maximum Gasteiger partial charge on any atom is 0.295 e. The lowest BCUT2D eigenvalue weighted by atomic mass is 9.94. The van der Waals surface area contributed by atoms with Crippen LogP contribution in [0.3, 0.4) is 0 Å². The number of hydrogen-bond acceptors (Lipinski definition) is 6. The van der Waals surface area contributed by atoms with Gasteiger partial charge in [0, 0.05) is 18.5 Å². The summed E-state index contributed by atoms with van der Waals surface area (Å²) in [4.78, 5) is 30.5. The molecule has 2 atom stereocenters. The molecule has 2 heterocycles. The first-order chi connectivity index (χ1) is 17.9. The first-order valence-corrected chi connectivity index (χ1v) is 13.0. The summed E-state index contributed by atoms with van der Waals surface area (Å²) < 4.78 is 11.5. The summed E-state index contributed by atoms with van der Waals surface area (Å²) in [6, 6.07) is 12.0. The summed E-state index contributed by atoms with van der Waals surface area (Å²) >= 11 is 0. The molecule has 2 unspecified atom stereocenters. The zero-order valence-electron chi connectivity index (χ0n) is 21.9. The summed E-state index contributed by atoms with van der Waals surface area (Å²) in [6.07, 6.45) is 3.15. The van der Waals surface area contributed by atoms with Crippen molar-refractivity contribution in [2.75, 3.05) is 32.8 Å². The van der Waals surface area contributed by atoms with Crippen molar-refractivity contribution in [1.82, 2.24) is 9.80 Å². The molecular weight excluding hydrogens is 468 g/mol. The first-order valence-electron chi connectivity index (χ1n) is 13.0. The van der Waals surface area contributed by atoms with E-state index in [1.54, 1.807) is 17.0 Å². The second-order valence-corrected chi connectivity index (χ2v) is 9.50. The molecule has 1 fully saturated rings. The number of ketones is 1. The fraction of sp³-hybridized carbons (Fsp3) is 0.400. The lowest BCUT2D eigenvalue weighted by Crippen LogP contribution is -2.33. The van der Waals surface area contributed by atoms with Gasteiger partial charge in [0.25, 0.3) is 11.7 Å². The van der Waals surface area contributed by atoms with E-state index in [0.717, 1.165) is 37.4 Å². The minimum atomic E-state index is -0.715. The normalized spacial score (nSPS) is 20.3. The summed E-state index contributed by atoms with van der Waals surface area (Å²) in [5, 5.41) is 11.4. The van der Waals surface area contributed by atoms with Crippen LogP contribution in [0.15, 0.2) is 60.7 Å². The maximum atomic E-state index is 13.4. The van der Waals surface area contributed by atoms with Gasteiger partial charge < -0.3 is 24.4 Å². The number of Topliss-reactive ketones (excluding diaryl/α,β-unsaturated/α-hetero) is 1. The third-order valence-corrected chi connectivity index (χ3v) is 7.02. The monoisotopic (exact) mass is 504 g/mol. The van der Waals surface area contributed by atoms with Crippen molar-refractivity contribution >= 4 is 17.4 Å². The third-order valence-electron chi connectivity index (χ3n) is 7.02. The lowest BCUT2D eigenvalue weighted by molar-refractivity contribution is -0.140. The van der Waals surface area contributed by atoms with Gasteiger partial charge in [-0.05, 0) is 74.4 Å². The van der Waals surface area contributed by atoms with Crippen molar-refractivity contribution in [3.8, 4) is 11.5 Å². The van der Waals surface area contributed by atoms with Gasteiger partial charge in [-0.1, -0.05) is 38.6 Å². The molecule has 7 heteroatoms. The zero-order chi connectivity index (χ0) is 26.5. The average molecular weight is 505 g/mol. The number of rotatable bonds is 11. The number of amides is 1. The topological polar surface area (TPSA) is 79.3 Å². The Kier molecular flexibility index (Phi) is 8.34. The van der Waals surface area contributed by atoms with E-state index in [2.05, 4.69) is 25.3 Å². The van der Waals surface area contributed by atoms with Crippen LogP contribution >= 0.6 is 0 Å². The van der Waals surface area contributed by atoms with Gasteiger partial charge >= 0.3 is 0 Å². The largest absolute Gasteiger partial charge is 0.507 e. The van der Waals surface area contributed by atoms with E-state index >= 15 is 0 Å². The molecule has 1 N–H and O–H groups in total. The molecule has 196 valence electrons. The van der Waals surface area contributed by atoms with Gasteiger partial charge in [0.2, 0.25) is 0 Å². The van der Waals surface area contributed by atoms with Gasteiger partial charge in [0.15, 0.2) is 0 Å². The van der Waals surface area contributed by atoms with Crippen LogP contribution in [0.25, 0.3) is 5.76 Å². The second kappa shape index (κ2) is 11.6. The average Bonchev–Trinajstić information content (AvgIpc) is 3.40. The number of aliphatic hydroxyl groups is 1. The fourth-order valence-corrected chi connectivity index (χ4v) is 5.12. The van der Waals surface area contributed by atoms with Crippen LogP contribution in [0.4, 0.5) is 0 Å². The number of likely N-dealkylation sites (tertiary alicyclic amines) is 1. The molecule has 2 aromatic carbocycles. The molecule has 2 aromatic rings. The number of benzene rings is 2. The molecule has 0 aromatic heterocycles. The van der Waals surface area contributed by atoms with Crippen molar-refractivity contribution in [3.05, 3.63) is 77.4 Å². The van der Waals surface area contributed by atoms with Gasteiger partial charge in [-0.3, -0.25) is 9.59 Å². The van der Waals surface area contributed by atoms with Gasteiger partial charge in [-0.25, -0.2) is 0 Å². The Hall–Kier alpha value is -3.58. The Morgan fingerprint density at radius 2 is 2.00 bits per heavy atom. The van der Waals surface area contributed by atoms with Crippen LogP contribution in [0.5, 0.6) is 11.5 Å². The smallest absolute Gasteiger partial charge is 0.295 e. The SMILES string of the molecule is C=CCOc1cccc(C2/C(=C(\O)c3ccc4c(c3)CC(C)O4)C(=O)C(=O)N2CCCN(CC)CC)c1. The molecule has 2 aliphatic rings. The van der Waals surface area contributed by atoms with E-state index in [1.807, 2.05) is 43.3 Å². The van der Waals surface area contributed by atoms with Crippen molar-refractivity contribution in [3.63, 3.8) is 0 Å². The Bertz CT molecular complexity index is 1200. The summed E-state index contributed by atoms with van der Waals surface area (Å²) in [5.41, 5.74) is 2.28. The fourth-order valence-electron chi connectivity index (χ4n) is 5.12. The van der Waals surface area contributed by atoms with Crippen LogP contribution in [-0.4, -0.2) is 65.5 Å². The highest BCUT2D eigenvalue weighted by molar-refractivity contribution is 6.46. The van der Waals surface area contributed by atoms with Crippen molar-refractivity contribution in [1.29, 1.82) is 0 Å². The zero-order valence-corrected chi connectivity index (χ0v) is 21.9. The summed E-state index contributed by atoms with van der Waals surface area (Å²) in [7, 11) is 0. The Morgan fingerprint density at radius 1 is 1.22 bits per heavy atom. The Balaban J connectivity index is 1.74. The molecule has 37 heavy (non-hydrogen) atoms. The van der Waals surface area contributed by atoms with E-state index in [9.17, 15) is 14.7 Å². The van der Waals surface area contributed by atoms with Crippen LogP contribution in [0, 0.1) is 0 Å². The van der Waals surface area contributed by atoms with E-state index in [-0.39, 0.29) is 17.4 Å². The quantitative estimate of drug-likeness (QED) is 0.206. The molecule has 0 bridgehead atoms. The predicted octanol–water partition coefficient (Wildman–Crippen LogP) is 4.73. The van der Waals surface area contributed by atoms with E-state index in [4.69, 9.17) is 9.47 Å². The van der Waals surface area contributed by atoms with Gasteiger partial charge in [0.05, 0.1) is 11.6 Å². The highest BCUT2D eigenvalue weighted by atomic mass is 16.5. The van der Waals surface area contributed by atoms with E-state index in [0.29, 0.717) is 36.4 Å². The minimum absolute atomic E-state index is 0.0575. The minimum Gasteiger partial charge on any atom is -0.507 e. The molecule has 1 amide bonds. The van der Waals surface area contributed by atoms with Crippen LogP contribution in [0.2, 0.25) is 0 Å². The van der Waals surface area contributed by atoms with Gasteiger partial charge in [0.1, 0.15) is 30.0 Å². The van der Waals surface area contributed by atoms with Crippen LogP contribution in [0.1, 0.15) is 49.9 Å². The van der Waals surface area contributed by atoms with Gasteiger partial charge in [-0.15, -0.1) is 0 Å². The molecular formula is C30H36N2O5. The predicted molar refractivity (Wildman–Crippen MR) is 144 cm³/mol. The second-order valence-electron chi connectivity index (χ2n) is 9.50. The molecule has 0 aliphatic carbocycles. The maximum absolute atomic E-state index is 13.4. The number of nitrogens with zero attached hydrogens (tertiary/aromatic N) is 2.